The molecule has 5 rings (SSSR count). The number of hydrogen-bond acceptors (Lipinski definition) is 4. The van der Waals surface area contributed by atoms with Crippen molar-refractivity contribution in [2.75, 3.05) is 32.1 Å². The van der Waals surface area contributed by atoms with Gasteiger partial charge in [-0.1, -0.05) is 12.1 Å². The average Bonchev–Trinajstić information content (AvgIpc) is 3.22. The van der Waals surface area contributed by atoms with Crippen molar-refractivity contribution in [3.05, 3.63) is 76.1 Å². The Balaban J connectivity index is 1.47. The van der Waals surface area contributed by atoms with Crippen molar-refractivity contribution in [3.63, 3.8) is 0 Å². The van der Waals surface area contributed by atoms with Crippen molar-refractivity contribution in [3.8, 4) is 11.1 Å². The lowest BCUT2D eigenvalue weighted by Crippen LogP contribution is -3.13. The summed E-state index contributed by atoms with van der Waals surface area (Å²) < 4.78 is 7.77. The molecule has 3 aromatic rings. The quantitative estimate of drug-likeness (QED) is 0.662. The van der Waals surface area contributed by atoms with Gasteiger partial charge in [0.25, 0.3) is 5.56 Å². The fourth-order valence-corrected chi connectivity index (χ4v) is 5.41. The molecule has 0 aliphatic carbocycles. The largest absolute Gasteiger partial charge is 0.458 e. The van der Waals surface area contributed by atoms with Crippen LogP contribution in [0.2, 0.25) is 0 Å². The second-order valence-electron chi connectivity index (χ2n) is 9.18. The van der Waals surface area contributed by atoms with E-state index in [1.54, 1.807) is 6.07 Å². The van der Waals surface area contributed by atoms with Gasteiger partial charge in [0.1, 0.15) is 18.9 Å². The van der Waals surface area contributed by atoms with E-state index in [0.29, 0.717) is 17.6 Å². The van der Waals surface area contributed by atoms with E-state index in [9.17, 15) is 9.90 Å². The van der Waals surface area contributed by atoms with Crippen LogP contribution in [0.4, 0.5) is 5.69 Å². The molecule has 2 aliphatic heterocycles. The third-order valence-electron chi connectivity index (χ3n) is 6.78. The molecule has 6 heteroatoms. The predicted molar refractivity (Wildman–Crippen MR) is 120 cm³/mol. The number of fused-ring (bicyclic) bond motifs is 4. The summed E-state index contributed by atoms with van der Waals surface area (Å²) in [6, 6.07) is 16.2. The van der Waals surface area contributed by atoms with E-state index in [1.807, 2.05) is 36.9 Å². The SMILES string of the molecule is CN(C)c1ccc(-c2ccc(=O)n3c2[C@@H]2C[C@H](C3)C[NH+](Cc3ccc(CO)o3)C2)cc1. The molecule has 0 amide bonds. The minimum Gasteiger partial charge on any atom is -0.458 e. The lowest BCUT2D eigenvalue weighted by molar-refractivity contribution is -0.925. The maximum atomic E-state index is 12.7. The van der Waals surface area contributed by atoms with Crippen molar-refractivity contribution < 1.29 is 14.4 Å². The summed E-state index contributed by atoms with van der Waals surface area (Å²) in [5.41, 5.74) is 4.81. The van der Waals surface area contributed by atoms with Crippen LogP contribution in [-0.4, -0.2) is 36.9 Å². The Morgan fingerprint density at radius 1 is 1.06 bits per heavy atom. The molecule has 31 heavy (non-hydrogen) atoms. The number of piperidine rings is 1. The van der Waals surface area contributed by atoms with Crippen LogP contribution in [0.15, 0.2) is 57.7 Å². The van der Waals surface area contributed by atoms with E-state index in [-0.39, 0.29) is 12.2 Å². The number of nitrogens with one attached hydrogen (secondary N) is 1. The zero-order chi connectivity index (χ0) is 21.5. The van der Waals surface area contributed by atoms with E-state index in [2.05, 4.69) is 29.2 Å². The van der Waals surface area contributed by atoms with Crippen molar-refractivity contribution in [1.82, 2.24) is 4.57 Å². The predicted octanol–water partition coefficient (Wildman–Crippen LogP) is 1.87. The molecule has 1 aromatic carbocycles. The number of hydrogen-bond donors (Lipinski definition) is 2. The summed E-state index contributed by atoms with van der Waals surface area (Å²) in [6.45, 7) is 3.57. The first-order valence-corrected chi connectivity index (χ1v) is 11.1. The van der Waals surface area contributed by atoms with E-state index < -0.39 is 0 Å². The number of aliphatic hydroxyl groups is 1. The number of pyridine rings is 1. The molecule has 0 spiro atoms. The van der Waals surface area contributed by atoms with Gasteiger partial charge in [0.05, 0.1) is 13.1 Å². The van der Waals surface area contributed by atoms with Gasteiger partial charge < -0.3 is 23.9 Å². The Bertz CT molecular complexity index is 1130. The number of aromatic nitrogens is 1. The van der Waals surface area contributed by atoms with Crippen molar-refractivity contribution in [2.24, 2.45) is 5.92 Å². The fourth-order valence-electron chi connectivity index (χ4n) is 5.41. The lowest BCUT2D eigenvalue weighted by atomic mass is 9.80. The van der Waals surface area contributed by atoms with Gasteiger partial charge in [-0.25, -0.2) is 0 Å². The monoisotopic (exact) mass is 420 g/mol. The lowest BCUT2D eigenvalue weighted by Gasteiger charge is -2.41. The van der Waals surface area contributed by atoms with Crippen LogP contribution < -0.4 is 15.4 Å². The number of anilines is 1. The molecule has 1 saturated heterocycles. The smallest absolute Gasteiger partial charge is 0.250 e. The van der Waals surface area contributed by atoms with Gasteiger partial charge in [-0.15, -0.1) is 0 Å². The first kappa shape index (κ1) is 20.1. The van der Waals surface area contributed by atoms with Crippen molar-refractivity contribution in [1.29, 1.82) is 0 Å². The molecule has 2 bridgehead atoms. The molecule has 2 aromatic heterocycles. The van der Waals surface area contributed by atoms with Crippen LogP contribution >= 0.6 is 0 Å². The standard InChI is InChI=1S/C25H29N3O3/c1-26(2)20-5-3-18(4-6-20)23-9-10-24(30)28-13-17-11-19(25(23)28)14-27(12-17)15-21-7-8-22(16-29)31-21/h3-10,17,19,29H,11-16H2,1-2H3/p+1/t17-,19+/m0/s1. The first-order valence-electron chi connectivity index (χ1n) is 11.1. The Labute approximate surface area is 182 Å². The Morgan fingerprint density at radius 2 is 1.84 bits per heavy atom. The van der Waals surface area contributed by atoms with Gasteiger partial charge >= 0.3 is 0 Å². The average molecular weight is 421 g/mol. The second-order valence-corrected chi connectivity index (χ2v) is 9.18. The normalized spacial score (nSPS) is 22.2. The molecule has 1 unspecified atom stereocenters. The molecule has 4 heterocycles. The Hall–Kier alpha value is -2.83. The van der Waals surface area contributed by atoms with Crippen molar-refractivity contribution >= 4 is 5.69 Å². The van der Waals surface area contributed by atoms with Crippen LogP contribution in [0.3, 0.4) is 0 Å². The first-order chi connectivity index (χ1) is 15.0. The molecular weight excluding hydrogens is 390 g/mol. The number of benzene rings is 1. The van der Waals surface area contributed by atoms with Crippen LogP contribution in [0.25, 0.3) is 11.1 Å². The second kappa shape index (κ2) is 8.02. The Morgan fingerprint density at radius 3 is 2.55 bits per heavy atom. The van der Waals surface area contributed by atoms with Crippen LogP contribution in [0, 0.1) is 5.92 Å². The zero-order valence-electron chi connectivity index (χ0n) is 18.2. The molecule has 162 valence electrons. The van der Waals surface area contributed by atoms with E-state index >= 15 is 0 Å². The minimum atomic E-state index is -0.0627. The van der Waals surface area contributed by atoms with Gasteiger partial charge in [-0.2, -0.15) is 0 Å². The van der Waals surface area contributed by atoms with E-state index in [1.165, 1.54) is 27.4 Å². The maximum absolute atomic E-state index is 12.7. The zero-order valence-corrected chi connectivity index (χ0v) is 18.2. The van der Waals surface area contributed by atoms with Crippen molar-refractivity contribution in [2.45, 2.75) is 32.0 Å². The topological polar surface area (TPSA) is 63.1 Å². The highest BCUT2D eigenvalue weighted by Gasteiger charge is 2.39. The molecule has 6 nitrogen and oxygen atoms in total. The number of furan rings is 1. The van der Waals surface area contributed by atoms with E-state index in [4.69, 9.17) is 4.42 Å². The molecule has 0 radical (unpaired) electrons. The number of rotatable bonds is 5. The van der Waals surface area contributed by atoms with Gasteiger partial charge in [0.2, 0.25) is 0 Å². The van der Waals surface area contributed by atoms with Crippen LogP contribution in [0.5, 0.6) is 0 Å². The van der Waals surface area contributed by atoms with Gasteiger partial charge in [0.15, 0.2) is 5.76 Å². The van der Waals surface area contributed by atoms with Gasteiger partial charge in [-0.3, -0.25) is 4.79 Å². The molecule has 1 fully saturated rings. The summed E-state index contributed by atoms with van der Waals surface area (Å²) >= 11 is 0. The van der Waals surface area contributed by atoms with Crippen LogP contribution in [-0.2, 0) is 19.7 Å². The molecule has 2 N–H and O–H groups in total. The third-order valence-corrected chi connectivity index (χ3v) is 6.78. The number of aliphatic hydroxyl groups excluding tert-OH is 1. The number of likely N-dealkylation sites (tertiary alicyclic amines) is 1. The molecular formula is C25H30N3O3+. The molecule has 0 saturated carbocycles. The highest BCUT2D eigenvalue weighted by molar-refractivity contribution is 5.69. The van der Waals surface area contributed by atoms with E-state index in [0.717, 1.165) is 38.4 Å². The molecule has 3 atom stereocenters. The maximum Gasteiger partial charge on any atom is 0.250 e. The fraction of sp³-hybridized carbons (Fsp3) is 0.400. The summed E-state index contributed by atoms with van der Waals surface area (Å²) in [4.78, 5) is 16.3. The minimum absolute atomic E-state index is 0.0627. The number of quaternary nitrogens is 1. The Kier molecular flexibility index (Phi) is 5.20. The summed E-state index contributed by atoms with van der Waals surface area (Å²) in [6.07, 6.45) is 1.13. The summed E-state index contributed by atoms with van der Waals surface area (Å²) in [7, 11) is 4.09. The third kappa shape index (κ3) is 3.82. The van der Waals surface area contributed by atoms with Crippen LogP contribution in [0.1, 0.15) is 29.6 Å². The highest BCUT2D eigenvalue weighted by Crippen LogP contribution is 2.37. The van der Waals surface area contributed by atoms with Gasteiger partial charge in [0, 0.05) is 55.5 Å². The summed E-state index contributed by atoms with van der Waals surface area (Å²) in [5, 5.41) is 9.27. The highest BCUT2D eigenvalue weighted by atomic mass is 16.4. The van der Waals surface area contributed by atoms with Gasteiger partial charge in [-0.05, 0) is 42.3 Å². The summed E-state index contributed by atoms with van der Waals surface area (Å²) in [5.74, 6) is 2.39. The molecule has 2 aliphatic rings. The number of nitrogens with zero attached hydrogens (tertiary/aromatic N) is 2.